The van der Waals surface area contributed by atoms with Gasteiger partial charge >= 0.3 is 0 Å². The number of carbonyl (C=O) groups excluding carboxylic acids is 1. The third-order valence-electron chi connectivity index (χ3n) is 7.42. The fourth-order valence-corrected chi connectivity index (χ4v) is 6.81. The summed E-state index contributed by atoms with van der Waals surface area (Å²) >= 11 is 7.43. The van der Waals surface area contributed by atoms with Gasteiger partial charge in [0, 0.05) is 30.4 Å². The van der Waals surface area contributed by atoms with Crippen molar-refractivity contribution in [3.8, 4) is 16.9 Å². The molecule has 1 fully saturated rings. The molecular weight excluding hydrogens is 613 g/mol. The van der Waals surface area contributed by atoms with Crippen molar-refractivity contribution in [3.63, 3.8) is 0 Å². The number of rotatable bonds is 7. The zero-order valence-electron chi connectivity index (χ0n) is 22.5. The van der Waals surface area contributed by atoms with E-state index < -0.39 is 11.6 Å². The van der Waals surface area contributed by atoms with Crippen molar-refractivity contribution in [2.45, 2.75) is 44.3 Å². The number of halogens is 5. The maximum absolute atomic E-state index is 14.6. The van der Waals surface area contributed by atoms with Crippen molar-refractivity contribution in [3.05, 3.63) is 75.8 Å². The van der Waals surface area contributed by atoms with Crippen molar-refractivity contribution in [2.75, 3.05) is 19.9 Å². The molecule has 0 bridgehead atoms. The van der Waals surface area contributed by atoms with Crippen molar-refractivity contribution in [1.29, 1.82) is 0 Å². The molecule has 1 amide bonds. The molecule has 4 aromatic rings. The lowest BCUT2D eigenvalue weighted by molar-refractivity contribution is 0.0604. The van der Waals surface area contributed by atoms with Crippen LogP contribution in [0.5, 0.6) is 5.75 Å². The van der Waals surface area contributed by atoms with Gasteiger partial charge in [0.2, 0.25) is 0 Å². The van der Waals surface area contributed by atoms with Gasteiger partial charge in [-0.15, -0.1) is 36.2 Å². The van der Waals surface area contributed by atoms with Gasteiger partial charge in [-0.1, -0.05) is 17.7 Å². The summed E-state index contributed by atoms with van der Waals surface area (Å²) in [6.45, 7) is 0.237. The topological polar surface area (TPSA) is 80.5 Å². The number of nitrogens with one attached hydrogen (secondary N) is 1. The lowest BCUT2D eigenvalue weighted by Gasteiger charge is -2.37. The summed E-state index contributed by atoms with van der Waals surface area (Å²) in [6.07, 6.45) is 5.02. The van der Waals surface area contributed by atoms with E-state index in [-0.39, 0.29) is 63.3 Å². The Kier molecular flexibility index (Phi) is 11.2. The van der Waals surface area contributed by atoms with Crippen LogP contribution in [0.3, 0.4) is 0 Å². The van der Waals surface area contributed by atoms with Crippen molar-refractivity contribution >= 4 is 69.6 Å². The summed E-state index contributed by atoms with van der Waals surface area (Å²) in [4.78, 5) is 20.1. The van der Waals surface area contributed by atoms with E-state index in [4.69, 9.17) is 22.1 Å². The van der Waals surface area contributed by atoms with Crippen molar-refractivity contribution < 1.29 is 18.3 Å². The molecule has 5 rings (SSSR count). The Balaban J connectivity index is 0.00000231. The molecule has 0 saturated heterocycles. The number of nitrogens with zero attached hydrogens (tertiary/aromatic N) is 2. The maximum atomic E-state index is 14.6. The minimum atomic E-state index is -0.654. The normalized spacial score (nSPS) is 16.5. The molecule has 6 nitrogen and oxygen atoms in total. The Labute approximate surface area is 259 Å². The largest absolute Gasteiger partial charge is 0.496 e. The van der Waals surface area contributed by atoms with Crippen LogP contribution in [-0.4, -0.2) is 42.0 Å². The molecule has 41 heavy (non-hydrogen) atoms. The first-order valence-corrected chi connectivity index (χ1v) is 13.9. The van der Waals surface area contributed by atoms with Crippen LogP contribution < -0.4 is 15.8 Å². The summed E-state index contributed by atoms with van der Waals surface area (Å²) in [5, 5.41) is 3.21. The lowest BCUT2D eigenvalue weighted by Crippen LogP contribution is -2.44. The Morgan fingerprint density at radius 3 is 2.41 bits per heavy atom. The van der Waals surface area contributed by atoms with Crippen molar-refractivity contribution in [1.82, 2.24) is 15.2 Å². The molecule has 0 aliphatic heterocycles. The van der Waals surface area contributed by atoms with Gasteiger partial charge in [-0.3, -0.25) is 4.79 Å². The number of aromatic nitrogens is 1. The van der Waals surface area contributed by atoms with Gasteiger partial charge in [0.25, 0.3) is 5.91 Å². The quantitative estimate of drug-likeness (QED) is 0.218. The van der Waals surface area contributed by atoms with E-state index in [1.807, 2.05) is 31.3 Å². The second-order valence-corrected chi connectivity index (χ2v) is 11.1. The molecule has 0 spiro atoms. The van der Waals surface area contributed by atoms with Crippen LogP contribution in [0.1, 0.15) is 40.9 Å². The van der Waals surface area contributed by atoms with Gasteiger partial charge in [0.05, 0.1) is 22.2 Å². The molecule has 1 saturated carbocycles. The first-order valence-electron chi connectivity index (χ1n) is 12.7. The number of nitrogen functional groups attached to an aromatic ring is 1. The number of amides is 1. The van der Waals surface area contributed by atoms with E-state index in [2.05, 4.69) is 10.3 Å². The number of nitrogens with two attached hydrogens (primary N) is 1. The Morgan fingerprint density at radius 2 is 1.78 bits per heavy atom. The summed E-state index contributed by atoms with van der Waals surface area (Å²) in [5.74, 6) is -0.583. The Bertz CT molecular complexity index is 1530. The van der Waals surface area contributed by atoms with E-state index in [1.54, 1.807) is 24.3 Å². The SMILES string of the molecule is CNC1CCC(N(Cc2cc(-c3ccnc(N)c3)ccc2OC)C(=O)c2sc3c(F)ccc(F)c3c2Cl)CC1.Cl.Cl. The number of hydrogen-bond donors (Lipinski definition) is 2. The van der Waals surface area contributed by atoms with E-state index in [9.17, 15) is 13.6 Å². The maximum Gasteiger partial charge on any atom is 0.266 e. The summed E-state index contributed by atoms with van der Waals surface area (Å²) in [5.41, 5.74) is 8.48. The number of ether oxygens (including phenoxy) is 1. The predicted molar refractivity (Wildman–Crippen MR) is 167 cm³/mol. The molecule has 12 heteroatoms. The number of anilines is 1. The van der Waals surface area contributed by atoms with Crippen LogP contribution in [-0.2, 0) is 6.54 Å². The van der Waals surface area contributed by atoms with Gasteiger partial charge in [0.1, 0.15) is 28.1 Å². The van der Waals surface area contributed by atoms with Crippen LogP contribution in [0.25, 0.3) is 21.2 Å². The fraction of sp³-hybridized carbons (Fsp3) is 0.310. The highest BCUT2D eigenvalue weighted by Gasteiger charge is 2.33. The molecule has 1 aliphatic carbocycles. The third kappa shape index (κ3) is 6.70. The number of hydrogen-bond acceptors (Lipinski definition) is 6. The number of thiophene rings is 1. The van der Waals surface area contributed by atoms with Gasteiger partial charge < -0.3 is 20.7 Å². The lowest BCUT2D eigenvalue weighted by atomic mass is 9.89. The number of benzene rings is 2. The highest BCUT2D eigenvalue weighted by Crippen LogP contribution is 2.40. The van der Waals surface area contributed by atoms with E-state index >= 15 is 0 Å². The monoisotopic (exact) mass is 642 g/mol. The molecule has 2 heterocycles. The summed E-state index contributed by atoms with van der Waals surface area (Å²) < 4.78 is 34.9. The predicted octanol–water partition coefficient (Wildman–Crippen LogP) is 7.50. The van der Waals surface area contributed by atoms with Crippen molar-refractivity contribution in [2.24, 2.45) is 0 Å². The number of fused-ring (bicyclic) bond motifs is 1. The average Bonchev–Trinajstić information content (AvgIpc) is 3.31. The minimum absolute atomic E-state index is 0. The minimum Gasteiger partial charge on any atom is -0.496 e. The first-order chi connectivity index (χ1) is 18.8. The molecule has 2 aromatic heterocycles. The second-order valence-electron chi connectivity index (χ2n) is 9.70. The van der Waals surface area contributed by atoms with E-state index in [0.29, 0.717) is 17.6 Å². The third-order valence-corrected chi connectivity index (χ3v) is 9.09. The Morgan fingerprint density at radius 1 is 1.10 bits per heavy atom. The zero-order chi connectivity index (χ0) is 27.7. The van der Waals surface area contributed by atoms with E-state index in [0.717, 1.165) is 65.8 Å². The zero-order valence-corrected chi connectivity index (χ0v) is 25.7. The highest BCUT2D eigenvalue weighted by atomic mass is 35.5. The van der Waals surface area contributed by atoms with Gasteiger partial charge in [-0.05, 0) is 80.3 Å². The van der Waals surface area contributed by atoms with E-state index in [1.165, 1.54) is 0 Å². The molecule has 220 valence electrons. The molecule has 0 unspecified atom stereocenters. The number of carbonyl (C=O) groups is 1. The van der Waals surface area contributed by atoms with Crippen LogP contribution in [0, 0.1) is 11.6 Å². The van der Waals surface area contributed by atoms with Crippen LogP contribution in [0.2, 0.25) is 5.02 Å². The first kappa shape index (κ1) is 32.8. The van der Waals surface area contributed by atoms with Crippen LogP contribution in [0.15, 0.2) is 48.7 Å². The van der Waals surface area contributed by atoms with Gasteiger partial charge in [-0.2, -0.15) is 0 Å². The number of methoxy groups -OCH3 is 1. The second kappa shape index (κ2) is 14.0. The average molecular weight is 644 g/mol. The molecule has 3 N–H and O–H groups in total. The van der Waals surface area contributed by atoms with Gasteiger partial charge in [0.15, 0.2) is 0 Å². The molecule has 1 aliphatic rings. The summed E-state index contributed by atoms with van der Waals surface area (Å²) in [7, 11) is 3.53. The van der Waals surface area contributed by atoms with Gasteiger partial charge in [-0.25, -0.2) is 13.8 Å². The molecule has 0 atom stereocenters. The van der Waals surface area contributed by atoms with Crippen LogP contribution >= 0.6 is 47.8 Å². The fourth-order valence-electron chi connectivity index (χ4n) is 5.30. The van der Waals surface area contributed by atoms with Crippen LogP contribution in [0.4, 0.5) is 14.6 Å². The molecule has 0 radical (unpaired) electrons. The summed E-state index contributed by atoms with van der Waals surface area (Å²) in [6, 6.07) is 11.8. The molecule has 2 aromatic carbocycles. The standard InChI is InChI=1S/C29H29ClF2N4O2S.2ClH/c1-34-19-4-6-20(7-5-19)36(29(37)28-26(30)25-21(31)8-9-22(32)27(25)39-28)15-18-13-16(3-10-23(18)38-2)17-11-12-35-24(33)14-17;;/h3,8-14,19-20,34H,4-7,15H2,1-2H3,(H2,33,35);2*1H. The smallest absolute Gasteiger partial charge is 0.266 e. The highest BCUT2D eigenvalue weighted by molar-refractivity contribution is 7.21. The number of pyridine rings is 1. The molecular formula is C29H31Cl3F2N4O2S. The Hall–Kier alpha value is -2.69.